The van der Waals surface area contributed by atoms with E-state index in [1.165, 1.54) is 71.6 Å². The number of fused-ring (bicyclic) bond motifs is 2. The Balaban J connectivity index is 0.000000175. The van der Waals surface area contributed by atoms with Gasteiger partial charge in [0.05, 0.1) is 11.5 Å². The van der Waals surface area contributed by atoms with Gasteiger partial charge in [-0.1, -0.05) is 110 Å². The maximum atomic E-state index is 5.83. The predicted molar refractivity (Wildman–Crippen MR) is 219 cm³/mol. The van der Waals surface area contributed by atoms with Gasteiger partial charge in [0.2, 0.25) is 0 Å². The van der Waals surface area contributed by atoms with E-state index in [9.17, 15) is 0 Å². The van der Waals surface area contributed by atoms with E-state index < -0.39 is 18.0 Å². The third kappa shape index (κ3) is 9.29. The minimum Gasteiger partial charge on any atom is -0.496 e. The summed E-state index contributed by atoms with van der Waals surface area (Å²) in [4.78, 5) is 0. The molecule has 0 amide bonds. The van der Waals surface area contributed by atoms with Crippen LogP contribution in [-0.2, 0) is 23.4 Å². The summed E-state index contributed by atoms with van der Waals surface area (Å²) in [6.07, 6.45) is 0. The van der Waals surface area contributed by atoms with Crippen molar-refractivity contribution < 1.29 is 22.4 Å². The third-order valence-electron chi connectivity index (χ3n) is 8.97. The van der Waals surface area contributed by atoms with E-state index in [1.54, 1.807) is 0 Å². The molecule has 258 valence electrons. The van der Waals surface area contributed by atoms with Gasteiger partial charge in [-0.15, -0.1) is 63.5 Å². The van der Waals surface area contributed by atoms with Crippen LogP contribution in [0.25, 0.3) is 55.1 Å². The van der Waals surface area contributed by atoms with Crippen LogP contribution < -0.4 is 0 Å². The smallest absolute Gasteiger partial charge is 0.0896 e. The van der Waals surface area contributed by atoms with E-state index in [-0.39, 0.29) is 10.8 Å². The Morgan fingerprint density at radius 1 is 0.660 bits per heavy atom. The number of hydrogen-bond donors (Lipinski definition) is 0. The first-order chi connectivity index (χ1) is 23.6. The molecule has 0 spiro atoms. The maximum Gasteiger partial charge on any atom is 0.0896 e. The van der Waals surface area contributed by atoms with Crippen molar-refractivity contribution in [1.82, 2.24) is 0 Å². The summed E-state index contributed by atoms with van der Waals surface area (Å²) in [7, 11) is 11.2. The molecule has 0 aliphatic carbocycles. The van der Waals surface area contributed by atoms with E-state index in [0.29, 0.717) is 0 Å². The summed E-state index contributed by atoms with van der Waals surface area (Å²) in [6.45, 7) is 21.7. The molecule has 5 heteroatoms. The van der Waals surface area contributed by atoms with Crippen LogP contribution in [0, 0.1) is 34.6 Å². The standard InChI is InChI=1S/C25H25O.C18H17.C2H6Si.2ClH.Zr/c1-16-6-8-19-14-20(23-13-7-17(2)26-23)15-22(19)24(16)18-9-11-21(12-10-18)25(3,4)5;1-12-7-13(2)10-16(9-12)17-6-4-5-15-8-14(3)11-18(15)17;1-3-2;;;/h6-15H,1-5H3;4-11H,1-3H3;1-2H3;2*1H;/q2*-1;;;;+2/p-2. The fraction of sp³-hybridized carbons (Fsp3) is 0.244. The van der Waals surface area contributed by atoms with Gasteiger partial charge in [0, 0.05) is 0 Å². The Kier molecular flexibility index (Phi) is 12.4. The Labute approximate surface area is 314 Å². The zero-order valence-electron chi connectivity index (χ0n) is 31.1. The maximum absolute atomic E-state index is 5.83. The van der Waals surface area contributed by atoms with E-state index in [1.807, 2.05) is 19.1 Å². The molecule has 0 saturated heterocycles. The van der Waals surface area contributed by atoms with Crippen molar-refractivity contribution in [2.75, 3.05) is 0 Å². The van der Waals surface area contributed by atoms with Crippen LogP contribution in [0.1, 0.15) is 54.3 Å². The van der Waals surface area contributed by atoms with Crippen LogP contribution >= 0.6 is 17.0 Å². The van der Waals surface area contributed by atoms with Gasteiger partial charge in [0.25, 0.3) is 0 Å². The molecule has 7 rings (SSSR count). The molecular formula is C45H48Cl2OSiZr-2. The third-order valence-corrected chi connectivity index (χ3v) is 28.7. The summed E-state index contributed by atoms with van der Waals surface area (Å²) < 4.78 is 5.83. The molecule has 6 aromatic carbocycles. The van der Waals surface area contributed by atoms with Crippen molar-refractivity contribution in [3.63, 3.8) is 0 Å². The molecule has 1 nitrogen and oxygen atoms in total. The fourth-order valence-electron chi connectivity index (χ4n) is 6.41. The monoisotopic (exact) mass is 792 g/mol. The van der Waals surface area contributed by atoms with E-state index in [0.717, 1.165) is 17.1 Å². The van der Waals surface area contributed by atoms with Crippen molar-refractivity contribution in [1.29, 1.82) is 0 Å². The van der Waals surface area contributed by atoms with Gasteiger partial charge in [0.1, 0.15) is 0 Å². The van der Waals surface area contributed by atoms with E-state index in [4.69, 9.17) is 21.4 Å². The van der Waals surface area contributed by atoms with Gasteiger partial charge in [0.15, 0.2) is 0 Å². The number of benzene rings is 4. The molecule has 7 aromatic rings. The second-order valence-corrected chi connectivity index (χ2v) is 37.7. The van der Waals surface area contributed by atoms with Gasteiger partial charge in [-0.05, 0) is 67.5 Å². The molecule has 0 saturated carbocycles. The topological polar surface area (TPSA) is 13.1 Å². The largest absolute Gasteiger partial charge is 0.496 e. The van der Waals surface area contributed by atoms with Crippen LogP contribution in [0.3, 0.4) is 0 Å². The minimum absolute atomic E-state index is 0.171. The van der Waals surface area contributed by atoms with Gasteiger partial charge >= 0.3 is 53.5 Å². The second-order valence-electron chi connectivity index (χ2n) is 14.7. The first-order valence-electron chi connectivity index (χ1n) is 17.2. The first-order valence-corrected chi connectivity index (χ1v) is 29.7. The quantitative estimate of drug-likeness (QED) is 0.128. The zero-order valence-corrected chi connectivity index (χ0v) is 36.0. The fourth-order valence-corrected chi connectivity index (χ4v) is 6.41. The van der Waals surface area contributed by atoms with Gasteiger partial charge in [-0.2, -0.15) is 6.07 Å². The van der Waals surface area contributed by atoms with Crippen molar-refractivity contribution in [2.45, 2.75) is 73.9 Å². The summed E-state index contributed by atoms with van der Waals surface area (Å²) in [5, 5.41) is 5.25. The molecule has 0 fully saturated rings. The van der Waals surface area contributed by atoms with Gasteiger partial charge in [-0.25, -0.2) is 0 Å². The normalized spacial score (nSPS) is 11.2. The number of hydrogen-bond acceptors (Lipinski definition) is 1. The number of rotatable bonds is 3. The molecule has 0 bridgehead atoms. The van der Waals surface area contributed by atoms with Crippen LogP contribution in [0.5, 0.6) is 0 Å². The molecule has 50 heavy (non-hydrogen) atoms. The number of furan rings is 1. The number of halogens is 2. The molecule has 1 heterocycles. The zero-order chi connectivity index (χ0) is 36.3. The summed E-state index contributed by atoms with van der Waals surface area (Å²) in [6, 6.07) is 39.8. The molecule has 0 unspecified atom stereocenters. The molecule has 1 aromatic heterocycles. The Bertz CT molecular complexity index is 2250. The first kappa shape index (κ1) is 38.3. The van der Waals surface area contributed by atoms with Gasteiger partial charge < -0.3 is 4.42 Å². The van der Waals surface area contributed by atoms with Crippen molar-refractivity contribution in [3.8, 4) is 33.6 Å². The van der Waals surface area contributed by atoms with Crippen molar-refractivity contribution in [2.24, 2.45) is 0 Å². The van der Waals surface area contributed by atoms with Crippen LogP contribution in [0.15, 0.2) is 114 Å². The van der Waals surface area contributed by atoms with Gasteiger partial charge in [-0.3, -0.25) is 0 Å². The van der Waals surface area contributed by atoms with E-state index in [2.05, 4.69) is 159 Å². The molecule has 0 aliphatic heterocycles. The van der Waals surface area contributed by atoms with E-state index >= 15 is 0 Å². The average molecular weight is 795 g/mol. The average Bonchev–Trinajstić information content (AvgIpc) is 3.78. The second kappa shape index (κ2) is 16.2. The van der Waals surface area contributed by atoms with Crippen molar-refractivity contribution >= 4 is 44.0 Å². The Morgan fingerprint density at radius 2 is 1.30 bits per heavy atom. The summed E-state index contributed by atoms with van der Waals surface area (Å²) >= 11 is -1.65. The minimum atomic E-state index is -1.65. The molecule has 0 atom stereocenters. The van der Waals surface area contributed by atoms with Crippen LogP contribution in [0.4, 0.5) is 0 Å². The SMILES string of the molecule is C[Si](C)=[Zr]([Cl])[Cl].Cc1cc(C)cc(-c2cccc3[cH-]c(C)cc23)c1.Cc1ccc(-c2cc3c(-c4ccc(C(C)(C)C)cc4)c(C)ccc3[cH-]2)o1. The molecule has 0 N–H and O–H groups in total. The summed E-state index contributed by atoms with van der Waals surface area (Å²) in [5.74, 6) is 1.88. The van der Waals surface area contributed by atoms with Crippen molar-refractivity contribution in [3.05, 3.63) is 143 Å². The molecule has 0 aliphatic rings. The van der Waals surface area contributed by atoms with Crippen LogP contribution in [-0.4, -0.2) is 5.43 Å². The Morgan fingerprint density at radius 3 is 1.88 bits per heavy atom. The summed E-state index contributed by atoms with van der Waals surface area (Å²) in [5.41, 5.74) is 13.0. The predicted octanol–water partition coefficient (Wildman–Crippen LogP) is 14.7. The van der Waals surface area contributed by atoms with Crippen LogP contribution in [0.2, 0.25) is 13.1 Å². The Hall–Kier alpha value is -2.94. The number of aryl methyl sites for hydroxylation is 5. The molecule has 0 radical (unpaired) electrons. The molecular weight excluding hydrogens is 747 g/mol.